The number of likely N-dealkylation sites (tertiary alicyclic amines) is 1. The number of ether oxygens (including phenoxy) is 1. The average molecular weight is 567 g/mol. The molecular formula is C30H29F3N4O4. The zero-order chi connectivity index (χ0) is 29.2. The van der Waals surface area contributed by atoms with Crippen LogP contribution in [0, 0.1) is 0 Å². The summed E-state index contributed by atoms with van der Waals surface area (Å²) in [5.74, 6) is -0.279. The standard InChI is InChI=1S/C30H29F3N4O4/c1-41-25-13-11-23(12-14-25)34-26(38)19-36-20-37(24-5-3-2-4-6-24)29(28(36)40)15-17-35(18-16-29)27(39)21-7-9-22(10-8-21)30(31,32)33/h2-14H,15-20H2,1H3,(H,34,38). The third kappa shape index (κ3) is 5.70. The first-order valence-electron chi connectivity index (χ1n) is 13.1. The van der Waals surface area contributed by atoms with E-state index in [1.54, 1.807) is 36.3 Å². The van der Waals surface area contributed by atoms with Crippen LogP contribution in [0.5, 0.6) is 5.75 Å². The first-order valence-corrected chi connectivity index (χ1v) is 13.1. The first-order chi connectivity index (χ1) is 19.6. The first kappa shape index (κ1) is 28.0. The number of hydrogen-bond donors (Lipinski definition) is 1. The fraction of sp³-hybridized carbons (Fsp3) is 0.300. The van der Waals surface area contributed by atoms with Gasteiger partial charge >= 0.3 is 6.18 Å². The Kier molecular flexibility index (Phi) is 7.61. The molecule has 2 saturated heterocycles. The van der Waals surface area contributed by atoms with E-state index < -0.39 is 17.3 Å². The van der Waals surface area contributed by atoms with E-state index >= 15 is 0 Å². The molecule has 3 amide bonds. The van der Waals surface area contributed by atoms with Gasteiger partial charge in [0.05, 0.1) is 19.3 Å². The molecule has 5 rings (SSSR count). The quantitative estimate of drug-likeness (QED) is 0.471. The van der Waals surface area contributed by atoms with E-state index in [4.69, 9.17) is 4.74 Å². The van der Waals surface area contributed by atoms with Gasteiger partial charge < -0.3 is 24.8 Å². The van der Waals surface area contributed by atoms with Crippen LogP contribution < -0.4 is 15.0 Å². The maximum absolute atomic E-state index is 13.9. The number of anilines is 2. The molecule has 0 atom stereocenters. The molecule has 0 saturated carbocycles. The fourth-order valence-electron chi connectivity index (χ4n) is 5.43. The summed E-state index contributed by atoms with van der Waals surface area (Å²) in [6.07, 6.45) is -3.87. The largest absolute Gasteiger partial charge is 0.497 e. The second-order valence-corrected chi connectivity index (χ2v) is 10.1. The highest BCUT2D eigenvalue weighted by atomic mass is 19.4. The minimum atomic E-state index is -4.49. The Bertz CT molecular complexity index is 1400. The maximum atomic E-state index is 13.9. The Morgan fingerprint density at radius 2 is 1.56 bits per heavy atom. The van der Waals surface area contributed by atoms with Gasteiger partial charge in [0.2, 0.25) is 5.91 Å². The number of nitrogens with one attached hydrogen (secondary N) is 1. The summed E-state index contributed by atoms with van der Waals surface area (Å²) in [6, 6.07) is 20.4. The minimum Gasteiger partial charge on any atom is -0.497 e. The van der Waals surface area contributed by atoms with Gasteiger partial charge in [-0.3, -0.25) is 14.4 Å². The number of hydrogen-bond acceptors (Lipinski definition) is 5. The molecule has 1 N–H and O–H groups in total. The molecule has 3 aromatic rings. The second-order valence-electron chi connectivity index (χ2n) is 10.1. The van der Waals surface area contributed by atoms with E-state index in [9.17, 15) is 27.6 Å². The Hall–Kier alpha value is -4.54. The molecule has 11 heteroatoms. The molecule has 2 aliphatic heterocycles. The number of nitrogens with zero attached hydrogens (tertiary/aromatic N) is 3. The van der Waals surface area contributed by atoms with E-state index in [-0.39, 0.29) is 49.6 Å². The van der Waals surface area contributed by atoms with Gasteiger partial charge in [0.1, 0.15) is 17.8 Å². The van der Waals surface area contributed by atoms with Crippen molar-refractivity contribution in [3.63, 3.8) is 0 Å². The van der Waals surface area contributed by atoms with E-state index in [1.807, 2.05) is 35.2 Å². The van der Waals surface area contributed by atoms with E-state index in [0.29, 0.717) is 24.3 Å². The summed E-state index contributed by atoms with van der Waals surface area (Å²) in [5, 5.41) is 2.81. The molecule has 41 heavy (non-hydrogen) atoms. The highest BCUT2D eigenvalue weighted by molar-refractivity contribution is 6.00. The minimum absolute atomic E-state index is 0.149. The van der Waals surface area contributed by atoms with Crippen molar-refractivity contribution in [3.8, 4) is 5.75 Å². The number of para-hydroxylation sites is 1. The molecule has 8 nitrogen and oxygen atoms in total. The van der Waals surface area contributed by atoms with E-state index in [2.05, 4.69) is 5.32 Å². The molecule has 0 aliphatic carbocycles. The number of carbonyl (C=O) groups excluding carboxylic acids is 3. The summed E-state index contributed by atoms with van der Waals surface area (Å²) in [4.78, 5) is 44.9. The van der Waals surface area contributed by atoms with Gasteiger partial charge in [-0.2, -0.15) is 13.2 Å². The van der Waals surface area contributed by atoms with Crippen molar-refractivity contribution >= 4 is 29.1 Å². The van der Waals surface area contributed by atoms with Crippen LogP contribution >= 0.6 is 0 Å². The summed E-state index contributed by atoms with van der Waals surface area (Å²) in [5.41, 5.74) is -0.228. The lowest BCUT2D eigenvalue weighted by molar-refractivity contribution is -0.137. The van der Waals surface area contributed by atoms with Gasteiger partial charge in [0.15, 0.2) is 0 Å². The van der Waals surface area contributed by atoms with Gasteiger partial charge in [0.25, 0.3) is 11.8 Å². The lowest BCUT2D eigenvalue weighted by atomic mass is 9.85. The molecule has 2 heterocycles. The lowest BCUT2D eigenvalue weighted by Crippen LogP contribution is -2.57. The van der Waals surface area contributed by atoms with E-state index in [0.717, 1.165) is 17.8 Å². The van der Waals surface area contributed by atoms with Crippen LogP contribution in [0.3, 0.4) is 0 Å². The molecule has 1 spiro atoms. The summed E-state index contributed by atoms with van der Waals surface area (Å²) >= 11 is 0. The monoisotopic (exact) mass is 566 g/mol. The maximum Gasteiger partial charge on any atom is 0.416 e. The Morgan fingerprint density at radius 1 is 0.927 bits per heavy atom. The van der Waals surface area contributed by atoms with Gasteiger partial charge in [-0.1, -0.05) is 18.2 Å². The van der Waals surface area contributed by atoms with Crippen molar-refractivity contribution in [2.24, 2.45) is 0 Å². The van der Waals surface area contributed by atoms with Gasteiger partial charge in [-0.05, 0) is 73.5 Å². The average Bonchev–Trinajstić information content (AvgIpc) is 3.23. The summed E-state index contributed by atoms with van der Waals surface area (Å²) in [7, 11) is 1.55. The molecule has 214 valence electrons. The molecular weight excluding hydrogens is 537 g/mol. The van der Waals surface area contributed by atoms with Crippen LogP contribution in [0.4, 0.5) is 24.5 Å². The Labute approximate surface area is 235 Å². The zero-order valence-electron chi connectivity index (χ0n) is 22.4. The van der Waals surface area contributed by atoms with Crippen LogP contribution in [0.15, 0.2) is 78.9 Å². The van der Waals surface area contributed by atoms with Crippen LogP contribution in [-0.2, 0) is 15.8 Å². The fourth-order valence-corrected chi connectivity index (χ4v) is 5.43. The summed E-state index contributed by atoms with van der Waals surface area (Å²) in [6.45, 7) is 0.525. The summed E-state index contributed by atoms with van der Waals surface area (Å²) < 4.78 is 44.0. The van der Waals surface area contributed by atoms with Crippen molar-refractivity contribution in [3.05, 3.63) is 90.0 Å². The molecule has 2 fully saturated rings. The predicted octanol–water partition coefficient (Wildman–Crippen LogP) is 4.63. The van der Waals surface area contributed by atoms with Crippen molar-refractivity contribution < 1.29 is 32.3 Å². The molecule has 2 aliphatic rings. The molecule has 0 bridgehead atoms. The van der Waals surface area contributed by atoms with Crippen LogP contribution in [-0.4, -0.2) is 66.5 Å². The number of carbonyl (C=O) groups is 3. The SMILES string of the molecule is COc1ccc(NC(=O)CN2CN(c3ccccc3)C3(CCN(C(=O)c4ccc(C(F)(F)F)cc4)CC3)C2=O)cc1. The number of halogens is 3. The highest BCUT2D eigenvalue weighted by Crippen LogP contribution is 2.40. The second kappa shape index (κ2) is 11.1. The predicted molar refractivity (Wildman–Crippen MR) is 146 cm³/mol. The number of benzene rings is 3. The third-order valence-electron chi connectivity index (χ3n) is 7.63. The van der Waals surface area contributed by atoms with Gasteiger partial charge in [-0.25, -0.2) is 0 Å². The highest BCUT2D eigenvalue weighted by Gasteiger charge is 2.54. The molecule has 0 aromatic heterocycles. The van der Waals surface area contributed by atoms with Gasteiger partial charge in [0, 0.05) is 30.0 Å². The Morgan fingerprint density at radius 3 is 2.15 bits per heavy atom. The number of alkyl halides is 3. The normalized spacial score (nSPS) is 16.7. The third-order valence-corrected chi connectivity index (χ3v) is 7.63. The van der Waals surface area contributed by atoms with Crippen LogP contribution in [0.25, 0.3) is 0 Å². The zero-order valence-corrected chi connectivity index (χ0v) is 22.4. The lowest BCUT2D eigenvalue weighted by Gasteiger charge is -2.43. The molecule has 0 radical (unpaired) electrons. The number of methoxy groups -OCH3 is 1. The van der Waals surface area contributed by atoms with E-state index in [1.165, 1.54) is 17.0 Å². The van der Waals surface area contributed by atoms with Crippen molar-refractivity contribution in [2.45, 2.75) is 24.6 Å². The van der Waals surface area contributed by atoms with Crippen molar-refractivity contribution in [1.29, 1.82) is 0 Å². The van der Waals surface area contributed by atoms with Crippen molar-refractivity contribution in [2.75, 3.05) is 43.6 Å². The van der Waals surface area contributed by atoms with Crippen LogP contribution in [0.1, 0.15) is 28.8 Å². The number of piperidine rings is 1. The van der Waals surface area contributed by atoms with Crippen molar-refractivity contribution in [1.82, 2.24) is 9.80 Å². The Balaban J connectivity index is 1.30. The smallest absolute Gasteiger partial charge is 0.416 e. The van der Waals surface area contributed by atoms with Crippen LogP contribution in [0.2, 0.25) is 0 Å². The molecule has 3 aromatic carbocycles. The van der Waals surface area contributed by atoms with Gasteiger partial charge in [-0.15, -0.1) is 0 Å². The number of amides is 3. The topological polar surface area (TPSA) is 82.2 Å². The number of rotatable bonds is 6. The molecule has 0 unspecified atom stereocenters.